The standard InChI is InChI=1S/C19H19NO2S2/c1-2-14-10-16(15-6-4-3-5-7-15)12-18(11-14)24(21,22)19-9-8-17(13-20)23-19/h3-12H,2,13,20H2,1H3. The first-order valence-electron chi connectivity index (χ1n) is 7.78. The van der Waals surface area contributed by atoms with Crippen LogP contribution < -0.4 is 5.73 Å². The van der Waals surface area contributed by atoms with Gasteiger partial charge in [-0.05, 0) is 47.4 Å². The highest BCUT2D eigenvalue weighted by Gasteiger charge is 2.21. The summed E-state index contributed by atoms with van der Waals surface area (Å²) < 4.78 is 26.3. The van der Waals surface area contributed by atoms with Crippen molar-refractivity contribution in [3.8, 4) is 11.1 Å². The van der Waals surface area contributed by atoms with Crippen molar-refractivity contribution < 1.29 is 8.42 Å². The predicted molar refractivity (Wildman–Crippen MR) is 98.9 cm³/mol. The Hall–Kier alpha value is -1.95. The number of sulfone groups is 1. The Labute approximate surface area is 146 Å². The molecule has 0 aliphatic heterocycles. The maximum Gasteiger partial charge on any atom is 0.215 e. The van der Waals surface area contributed by atoms with Gasteiger partial charge in [-0.3, -0.25) is 0 Å². The van der Waals surface area contributed by atoms with Crippen LogP contribution in [-0.2, 0) is 22.8 Å². The smallest absolute Gasteiger partial charge is 0.215 e. The molecule has 0 bridgehead atoms. The molecular weight excluding hydrogens is 338 g/mol. The Kier molecular flexibility index (Phi) is 4.85. The van der Waals surface area contributed by atoms with E-state index in [-0.39, 0.29) is 0 Å². The Morgan fingerprint density at radius 1 is 0.958 bits per heavy atom. The zero-order chi connectivity index (χ0) is 17.2. The quantitative estimate of drug-likeness (QED) is 0.742. The molecule has 1 aromatic heterocycles. The molecule has 2 aromatic carbocycles. The van der Waals surface area contributed by atoms with Gasteiger partial charge < -0.3 is 5.73 Å². The van der Waals surface area contributed by atoms with Crippen molar-refractivity contribution in [2.75, 3.05) is 0 Å². The maximum absolute atomic E-state index is 13.0. The van der Waals surface area contributed by atoms with Crippen LogP contribution in [-0.4, -0.2) is 8.42 Å². The van der Waals surface area contributed by atoms with E-state index < -0.39 is 9.84 Å². The molecule has 24 heavy (non-hydrogen) atoms. The van der Waals surface area contributed by atoms with E-state index in [0.29, 0.717) is 15.6 Å². The molecule has 0 fully saturated rings. The summed E-state index contributed by atoms with van der Waals surface area (Å²) in [4.78, 5) is 1.20. The van der Waals surface area contributed by atoms with Gasteiger partial charge in [0, 0.05) is 11.4 Å². The van der Waals surface area contributed by atoms with E-state index in [1.807, 2.05) is 43.3 Å². The SMILES string of the molecule is CCc1cc(-c2ccccc2)cc(S(=O)(=O)c2ccc(CN)s2)c1. The average molecular weight is 358 g/mol. The number of benzene rings is 2. The minimum Gasteiger partial charge on any atom is -0.326 e. The molecule has 0 atom stereocenters. The summed E-state index contributed by atoms with van der Waals surface area (Å²) in [6.45, 7) is 2.38. The van der Waals surface area contributed by atoms with E-state index in [1.54, 1.807) is 24.3 Å². The molecule has 124 valence electrons. The number of nitrogens with two attached hydrogens (primary N) is 1. The predicted octanol–water partition coefficient (Wildman–Crippen LogP) is 4.27. The molecule has 0 saturated heterocycles. The average Bonchev–Trinajstić information content (AvgIpc) is 3.12. The van der Waals surface area contributed by atoms with Crippen LogP contribution in [0.3, 0.4) is 0 Å². The number of rotatable bonds is 5. The Morgan fingerprint density at radius 3 is 2.33 bits per heavy atom. The summed E-state index contributed by atoms with van der Waals surface area (Å²) >= 11 is 1.24. The molecule has 0 amide bonds. The lowest BCUT2D eigenvalue weighted by molar-refractivity contribution is 0.598. The molecule has 1 heterocycles. The molecule has 0 saturated carbocycles. The molecule has 0 unspecified atom stereocenters. The first kappa shape index (κ1) is 16.9. The van der Waals surface area contributed by atoms with Crippen LogP contribution >= 0.6 is 11.3 Å². The fourth-order valence-corrected chi connectivity index (χ4v) is 5.28. The second-order valence-corrected chi connectivity index (χ2v) is 8.86. The van der Waals surface area contributed by atoms with E-state index >= 15 is 0 Å². The summed E-state index contributed by atoms with van der Waals surface area (Å²) in [5.74, 6) is 0. The normalized spacial score (nSPS) is 11.6. The van der Waals surface area contributed by atoms with Gasteiger partial charge in [-0.15, -0.1) is 11.3 Å². The van der Waals surface area contributed by atoms with Gasteiger partial charge in [-0.2, -0.15) is 0 Å². The van der Waals surface area contributed by atoms with Gasteiger partial charge in [0.05, 0.1) is 4.90 Å². The number of aryl methyl sites for hydroxylation is 1. The first-order valence-corrected chi connectivity index (χ1v) is 10.1. The van der Waals surface area contributed by atoms with E-state index in [9.17, 15) is 8.42 Å². The third-order valence-electron chi connectivity index (χ3n) is 3.90. The lowest BCUT2D eigenvalue weighted by Gasteiger charge is -2.09. The highest BCUT2D eigenvalue weighted by Crippen LogP contribution is 2.31. The maximum atomic E-state index is 13.0. The fourth-order valence-electron chi connectivity index (χ4n) is 2.55. The molecule has 0 aliphatic carbocycles. The number of hydrogen-bond acceptors (Lipinski definition) is 4. The Bertz CT molecular complexity index is 945. The largest absolute Gasteiger partial charge is 0.326 e. The van der Waals surface area contributed by atoms with Crippen molar-refractivity contribution in [1.82, 2.24) is 0 Å². The van der Waals surface area contributed by atoms with Crippen molar-refractivity contribution in [3.63, 3.8) is 0 Å². The summed E-state index contributed by atoms with van der Waals surface area (Å²) in [6.07, 6.45) is 0.779. The van der Waals surface area contributed by atoms with Crippen LogP contribution in [0.15, 0.2) is 69.8 Å². The van der Waals surface area contributed by atoms with Gasteiger partial charge in [-0.1, -0.05) is 43.3 Å². The van der Waals surface area contributed by atoms with Gasteiger partial charge in [0.25, 0.3) is 0 Å². The molecule has 3 aromatic rings. The summed E-state index contributed by atoms with van der Waals surface area (Å²) in [6, 6.07) is 18.8. The van der Waals surface area contributed by atoms with Gasteiger partial charge in [-0.25, -0.2) is 8.42 Å². The minimum atomic E-state index is -3.53. The number of thiophene rings is 1. The highest BCUT2D eigenvalue weighted by molar-refractivity contribution is 7.93. The molecule has 0 spiro atoms. The van der Waals surface area contributed by atoms with Gasteiger partial charge in [0.1, 0.15) is 4.21 Å². The molecular formula is C19H19NO2S2. The van der Waals surface area contributed by atoms with E-state index in [2.05, 4.69) is 0 Å². The first-order chi connectivity index (χ1) is 11.5. The third kappa shape index (κ3) is 3.29. The number of hydrogen-bond donors (Lipinski definition) is 1. The molecule has 3 rings (SSSR count). The summed E-state index contributed by atoms with van der Waals surface area (Å²) in [5, 5.41) is 0. The highest BCUT2D eigenvalue weighted by atomic mass is 32.2. The topological polar surface area (TPSA) is 60.2 Å². The second kappa shape index (κ2) is 6.89. The van der Waals surface area contributed by atoms with Gasteiger partial charge >= 0.3 is 0 Å². The van der Waals surface area contributed by atoms with Gasteiger partial charge in [0.15, 0.2) is 0 Å². The van der Waals surface area contributed by atoms with E-state index in [4.69, 9.17) is 5.73 Å². The second-order valence-electron chi connectivity index (χ2n) is 5.51. The van der Waals surface area contributed by atoms with Crippen LogP contribution in [0.4, 0.5) is 0 Å². The Morgan fingerprint density at radius 2 is 1.71 bits per heavy atom. The van der Waals surface area contributed by atoms with Gasteiger partial charge in [0.2, 0.25) is 9.84 Å². The summed E-state index contributed by atoms with van der Waals surface area (Å²) in [5.41, 5.74) is 8.54. The van der Waals surface area contributed by atoms with Crippen LogP contribution in [0.25, 0.3) is 11.1 Å². The van der Waals surface area contributed by atoms with E-state index in [0.717, 1.165) is 28.0 Å². The third-order valence-corrected chi connectivity index (χ3v) is 7.23. The van der Waals surface area contributed by atoms with Crippen molar-refractivity contribution in [1.29, 1.82) is 0 Å². The van der Waals surface area contributed by atoms with Crippen LogP contribution in [0, 0.1) is 0 Å². The molecule has 2 N–H and O–H groups in total. The monoisotopic (exact) mass is 357 g/mol. The molecule has 0 aliphatic rings. The fraction of sp³-hybridized carbons (Fsp3) is 0.158. The van der Waals surface area contributed by atoms with Crippen molar-refractivity contribution in [2.24, 2.45) is 5.73 Å². The van der Waals surface area contributed by atoms with Crippen molar-refractivity contribution in [3.05, 3.63) is 71.1 Å². The lowest BCUT2D eigenvalue weighted by Crippen LogP contribution is -2.01. The van der Waals surface area contributed by atoms with Crippen molar-refractivity contribution >= 4 is 21.2 Å². The zero-order valence-corrected chi connectivity index (χ0v) is 15.0. The molecule has 3 nitrogen and oxygen atoms in total. The molecule has 0 radical (unpaired) electrons. The van der Waals surface area contributed by atoms with E-state index in [1.165, 1.54) is 11.3 Å². The summed E-state index contributed by atoms with van der Waals surface area (Å²) in [7, 11) is -3.53. The van der Waals surface area contributed by atoms with Crippen LogP contribution in [0.2, 0.25) is 0 Å². The Balaban J connectivity index is 2.13. The van der Waals surface area contributed by atoms with Crippen LogP contribution in [0.5, 0.6) is 0 Å². The van der Waals surface area contributed by atoms with Crippen LogP contribution in [0.1, 0.15) is 17.4 Å². The minimum absolute atomic E-state index is 0.339. The van der Waals surface area contributed by atoms with Crippen molar-refractivity contribution in [2.45, 2.75) is 29.0 Å². The lowest BCUT2D eigenvalue weighted by atomic mass is 10.0. The zero-order valence-electron chi connectivity index (χ0n) is 13.4. The molecule has 5 heteroatoms.